The Balaban J connectivity index is 1.61. The predicted octanol–water partition coefficient (Wildman–Crippen LogP) is 3.30. The van der Waals surface area contributed by atoms with E-state index in [4.69, 9.17) is 10.5 Å². The van der Waals surface area contributed by atoms with E-state index in [1.807, 2.05) is 0 Å². The number of benzene rings is 2. The van der Waals surface area contributed by atoms with E-state index in [2.05, 4.69) is 10.6 Å². The lowest BCUT2D eigenvalue weighted by molar-refractivity contribution is -0.121. The molecule has 2 aromatic carbocycles. The van der Waals surface area contributed by atoms with Crippen molar-refractivity contribution in [3.8, 4) is 5.75 Å². The molecule has 8 heteroatoms. The lowest BCUT2D eigenvalue weighted by Crippen LogP contribution is -2.45. The van der Waals surface area contributed by atoms with Gasteiger partial charge in [-0.15, -0.1) is 0 Å². The summed E-state index contributed by atoms with van der Waals surface area (Å²) in [5, 5.41) is 5.39. The van der Waals surface area contributed by atoms with E-state index in [9.17, 15) is 14.0 Å². The number of anilines is 3. The van der Waals surface area contributed by atoms with Gasteiger partial charge in [-0.25, -0.2) is 9.18 Å². The zero-order valence-corrected chi connectivity index (χ0v) is 15.6. The van der Waals surface area contributed by atoms with Crippen molar-refractivity contribution >= 4 is 29.0 Å². The summed E-state index contributed by atoms with van der Waals surface area (Å²) in [6, 6.07) is 10.6. The van der Waals surface area contributed by atoms with Gasteiger partial charge in [0.15, 0.2) is 0 Å². The monoisotopic (exact) mass is 386 g/mol. The molecular formula is C20H23FN4O3. The number of nitrogens with zero attached hydrogens (tertiary/aromatic N) is 1. The van der Waals surface area contributed by atoms with Crippen LogP contribution in [0.5, 0.6) is 5.75 Å². The molecule has 2 aromatic rings. The van der Waals surface area contributed by atoms with Crippen LogP contribution >= 0.6 is 0 Å². The maximum absolute atomic E-state index is 13.7. The third-order valence-electron chi connectivity index (χ3n) is 4.69. The Hall–Kier alpha value is -3.29. The Kier molecular flexibility index (Phi) is 5.98. The number of carbonyl (C=O) groups is 2. The molecule has 1 saturated heterocycles. The smallest absolute Gasteiger partial charge is 0.321 e. The number of rotatable bonds is 4. The van der Waals surface area contributed by atoms with Gasteiger partial charge in [0, 0.05) is 18.8 Å². The first kappa shape index (κ1) is 19.5. The molecule has 148 valence electrons. The van der Waals surface area contributed by atoms with Gasteiger partial charge in [-0.05, 0) is 43.2 Å². The summed E-state index contributed by atoms with van der Waals surface area (Å²) in [7, 11) is 1.52. The summed E-state index contributed by atoms with van der Waals surface area (Å²) in [5.41, 5.74) is 6.98. The predicted molar refractivity (Wildman–Crippen MR) is 106 cm³/mol. The van der Waals surface area contributed by atoms with Crippen molar-refractivity contribution in [2.24, 2.45) is 5.92 Å². The maximum atomic E-state index is 13.7. The number of likely N-dealkylation sites (tertiary alicyclic amines) is 1. The van der Waals surface area contributed by atoms with Crippen LogP contribution in [0.2, 0.25) is 0 Å². The van der Waals surface area contributed by atoms with E-state index in [-0.39, 0.29) is 24.1 Å². The van der Waals surface area contributed by atoms with Gasteiger partial charge in [0.2, 0.25) is 5.91 Å². The van der Waals surface area contributed by atoms with Crippen LogP contribution in [0.25, 0.3) is 0 Å². The first-order chi connectivity index (χ1) is 13.5. The van der Waals surface area contributed by atoms with E-state index >= 15 is 0 Å². The minimum atomic E-state index is -0.501. The molecule has 1 atom stereocenters. The SMILES string of the molecule is COc1ccc(NC(=O)C2CCCN(C(=O)Nc3ccccc3F)C2)cc1N. The summed E-state index contributed by atoms with van der Waals surface area (Å²) < 4.78 is 18.8. The summed E-state index contributed by atoms with van der Waals surface area (Å²) in [6.07, 6.45) is 1.36. The second-order valence-corrected chi connectivity index (χ2v) is 6.64. The number of ether oxygens (including phenoxy) is 1. The second-order valence-electron chi connectivity index (χ2n) is 6.64. The van der Waals surface area contributed by atoms with Gasteiger partial charge < -0.3 is 26.0 Å². The summed E-state index contributed by atoms with van der Waals surface area (Å²) >= 11 is 0. The van der Waals surface area contributed by atoms with Crippen LogP contribution in [0, 0.1) is 11.7 Å². The highest BCUT2D eigenvalue weighted by Gasteiger charge is 2.29. The van der Waals surface area contributed by atoms with E-state index in [1.54, 1.807) is 30.3 Å². The Morgan fingerprint density at radius 1 is 1.21 bits per heavy atom. The molecule has 0 radical (unpaired) electrons. The van der Waals surface area contributed by atoms with Gasteiger partial charge in [-0.2, -0.15) is 0 Å². The number of piperidine rings is 1. The highest BCUT2D eigenvalue weighted by atomic mass is 19.1. The highest BCUT2D eigenvalue weighted by molar-refractivity contribution is 5.94. The standard InChI is InChI=1S/C20H23FN4O3/c1-28-18-9-8-14(11-16(18)22)23-19(26)13-5-4-10-25(12-13)20(27)24-17-7-3-2-6-15(17)21/h2-3,6-9,11,13H,4-5,10,12,22H2,1H3,(H,23,26)(H,24,27). The number of hydrogen-bond donors (Lipinski definition) is 3. The van der Waals surface area contributed by atoms with Crippen LogP contribution in [0.1, 0.15) is 12.8 Å². The number of methoxy groups -OCH3 is 1. The number of para-hydroxylation sites is 1. The van der Waals surface area contributed by atoms with Crippen molar-refractivity contribution in [2.75, 3.05) is 36.6 Å². The molecule has 3 amide bonds. The molecule has 0 aliphatic carbocycles. The van der Waals surface area contributed by atoms with Gasteiger partial charge in [0.25, 0.3) is 0 Å². The molecule has 0 aromatic heterocycles. The largest absolute Gasteiger partial charge is 0.495 e. The number of urea groups is 1. The van der Waals surface area contributed by atoms with Crippen LogP contribution in [-0.2, 0) is 4.79 Å². The number of amides is 3. The molecule has 1 aliphatic heterocycles. The van der Waals surface area contributed by atoms with Crippen LogP contribution in [0.15, 0.2) is 42.5 Å². The molecule has 1 aliphatic rings. The molecule has 7 nitrogen and oxygen atoms in total. The third-order valence-corrected chi connectivity index (χ3v) is 4.69. The molecule has 4 N–H and O–H groups in total. The molecule has 1 fully saturated rings. The fraction of sp³-hybridized carbons (Fsp3) is 0.300. The number of hydrogen-bond acceptors (Lipinski definition) is 4. The lowest BCUT2D eigenvalue weighted by atomic mass is 9.97. The average Bonchev–Trinajstić information content (AvgIpc) is 2.70. The van der Waals surface area contributed by atoms with E-state index in [0.717, 1.165) is 0 Å². The number of nitrogens with one attached hydrogen (secondary N) is 2. The molecule has 0 saturated carbocycles. The number of nitrogens with two attached hydrogens (primary N) is 1. The highest BCUT2D eigenvalue weighted by Crippen LogP contribution is 2.26. The maximum Gasteiger partial charge on any atom is 0.321 e. The molecule has 1 unspecified atom stereocenters. The Bertz CT molecular complexity index is 874. The minimum absolute atomic E-state index is 0.118. The minimum Gasteiger partial charge on any atom is -0.495 e. The van der Waals surface area contributed by atoms with Crippen molar-refractivity contribution in [1.29, 1.82) is 0 Å². The first-order valence-electron chi connectivity index (χ1n) is 9.02. The molecular weight excluding hydrogens is 363 g/mol. The summed E-state index contributed by atoms with van der Waals surface area (Å²) in [5.74, 6) is -0.512. The van der Waals surface area contributed by atoms with Gasteiger partial charge in [-0.1, -0.05) is 12.1 Å². The Labute approximate surface area is 162 Å². The summed E-state index contributed by atoms with van der Waals surface area (Å²) in [4.78, 5) is 26.6. The molecule has 0 bridgehead atoms. The molecule has 3 rings (SSSR count). The normalized spacial score (nSPS) is 16.4. The fourth-order valence-corrected chi connectivity index (χ4v) is 3.19. The second kappa shape index (κ2) is 8.60. The summed E-state index contributed by atoms with van der Waals surface area (Å²) in [6.45, 7) is 0.775. The number of carbonyl (C=O) groups excluding carboxylic acids is 2. The lowest BCUT2D eigenvalue weighted by Gasteiger charge is -2.32. The topological polar surface area (TPSA) is 96.7 Å². The Morgan fingerprint density at radius 3 is 2.71 bits per heavy atom. The zero-order valence-electron chi connectivity index (χ0n) is 15.6. The van der Waals surface area contributed by atoms with Crippen molar-refractivity contribution in [3.63, 3.8) is 0 Å². The van der Waals surface area contributed by atoms with E-state index in [1.165, 1.54) is 24.1 Å². The molecule has 28 heavy (non-hydrogen) atoms. The van der Waals surface area contributed by atoms with Crippen molar-refractivity contribution in [3.05, 3.63) is 48.3 Å². The quantitative estimate of drug-likeness (QED) is 0.703. The van der Waals surface area contributed by atoms with Gasteiger partial charge in [0.05, 0.1) is 24.4 Å². The van der Waals surface area contributed by atoms with Crippen LogP contribution in [0.4, 0.5) is 26.2 Å². The van der Waals surface area contributed by atoms with Gasteiger partial charge in [0.1, 0.15) is 11.6 Å². The number of halogens is 1. The third kappa shape index (κ3) is 4.51. The van der Waals surface area contributed by atoms with Crippen molar-refractivity contribution in [1.82, 2.24) is 4.90 Å². The Morgan fingerprint density at radius 2 is 2.00 bits per heavy atom. The number of nitrogen functional groups attached to an aromatic ring is 1. The van der Waals surface area contributed by atoms with Crippen LogP contribution in [0.3, 0.4) is 0 Å². The van der Waals surface area contributed by atoms with Gasteiger partial charge in [-0.3, -0.25) is 4.79 Å². The zero-order chi connectivity index (χ0) is 20.1. The van der Waals surface area contributed by atoms with Crippen molar-refractivity contribution < 1.29 is 18.7 Å². The fourth-order valence-electron chi connectivity index (χ4n) is 3.19. The molecule has 1 heterocycles. The molecule has 0 spiro atoms. The van der Waals surface area contributed by atoms with Crippen LogP contribution < -0.4 is 21.1 Å². The van der Waals surface area contributed by atoms with E-state index < -0.39 is 11.8 Å². The average molecular weight is 386 g/mol. The van der Waals surface area contributed by atoms with Crippen LogP contribution in [-0.4, -0.2) is 37.0 Å². The van der Waals surface area contributed by atoms with E-state index in [0.29, 0.717) is 36.5 Å². The first-order valence-corrected chi connectivity index (χ1v) is 9.02. The van der Waals surface area contributed by atoms with Crippen molar-refractivity contribution in [2.45, 2.75) is 12.8 Å². The van der Waals surface area contributed by atoms with Gasteiger partial charge >= 0.3 is 6.03 Å².